The molecule has 0 aromatic heterocycles. The standard InChI is InChI=1S/C11H19NO4/c1-10(2,3)16-9(15)11(8(13)14)6-4-5-7(11)12/h7H,4-6,12H2,1-3H3,(H,13,14)/t7-,11-/m1/s1. The molecular formula is C11H19NO4. The van der Waals surface area contributed by atoms with Gasteiger partial charge in [0.2, 0.25) is 0 Å². The molecule has 0 amide bonds. The third kappa shape index (κ3) is 2.19. The summed E-state index contributed by atoms with van der Waals surface area (Å²) in [6, 6.07) is -0.653. The van der Waals surface area contributed by atoms with Gasteiger partial charge < -0.3 is 15.6 Å². The molecule has 0 saturated heterocycles. The van der Waals surface area contributed by atoms with Gasteiger partial charge in [-0.25, -0.2) is 0 Å². The molecule has 1 fully saturated rings. The third-order valence-electron chi connectivity index (χ3n) is 2.86. The van der Waals surface area contributed by atoms with Crippen LogP contribution in [0.4, 0.5) is 0 Å². The number of hydrogen-bond donors (Lipinski definition) is 2. The summed E-state index contributed by atoms with van der Waals surface area (Å²) in [6.07, 6.45) is 1.46. The fourth-order valence-electron chi connectivity index (χ4n) is 2.01. The number of carboxylic acids is 1. The highest BCUT2D eigenvalue weighted by Crippen LogP contribution is 2.39. The Morgan fingerprint density at radius 2 is 2.00 bits per heavy atom. The molecule has 0 heterocycles. The monoisotopic (exact) mass is 229 g/mol. The number of carbonyl (C=O) groups excluding carboxylic acids is 1. The Hall–Kier alpha value is -1.10. The summed E-state index contributed by atoms with van der Waals surface area (Å²) < 4.78 is 5.16. The maximum absolute atomic E-state index is 12.0. The van der Waals surface area contributed by atoms with Gasteiger partial charge in [0.15, 0.2) is 5.41 Å². The van der Waals surface area contributed by atoms with Gasteiger partial charge in [-0.3, -0.25) is 9.59 Å². The van der Waals surface area contributed by atoms with Crippen molar-refractivity contribution in [2.75, 3.05) is 0 Å². The molecule has 5 heteroatoms. The minimum absolute atomic E-state index is 0.262. The number of carboxylic acid groups (broad SMARTS) is 1. The molecule has 0 aromatic carbocycles. The summed E-state index contributed by atoms with van der Waals surface area (Å²) in [5.74, 6) is -1.88. The van der Waals surface area contributed by atoms with Gasteiger partial charge in [-0.1, -0.05) is 6.42 Å². The van der Waals surface area contributed by atoms with Crippen LogP contribution in [0.1, 0.15) is 40.0 Å². The third-order valence-corrected chi connectivity index (χ3v) is 2.86. The zero-order valence-corrected chi connectivity index (χ0v) is 9.95. The second-order valence-electron chi connectivity index (χ2n) is 5.28. The van der Waals surface area contributed by atoms with E-state index in [4.69, 9.17) is 10.5 Å². The lowest BCUT2D eigenvalue weighted by molar-refractivity contribution is -0.177. The summed E-state index contributed by atoms with van der Waals surface area (Å²) in [7, 11) is 0. The summed E-state index contributed by atoms with van der Waals surface area (Å²) in [6.45, 7) is 5.13. The van der Waals surface area contributed by atoms with Crippen molar-refractivity contribution in [2.45, 2.75) is 51.7 Å². The van der Waals surface area contributed by atoms with Crippen molar-refractivity contribution in [3.05, 3.63) is 0 Å². The van der Waals surface area contributed by atoms with Crippen LogP contribution in [0, 0.1) is 5.41 Å². The lowest BCUT2D eigenvalue weighted by Crippen LogP contribution is -2.51. The topological polar surface area (TPSA) is 89.6 Å². The van der Waals surface area contributed by atoms with Gasteiger partial charge in [0.25, 0.3) is 0 Å². The van der Waals surface area contributed by atoms with Crippen LogP contribution in [0.15, 0.2) is 0 Å². The molecule has 5 nitrogen and oxygen atoms in total. The first kappa shape index (κ1) is 13.0. The van der Waals surface area contributed by atoms with E-state index in [2.05, 4.69) is 0 Å². The number of rotatable bonds is 2. The molecule has 3 N–H and O–H groups in total. The quantitative estimate of drug-likeness (QED) is 0.542. The minimum Gasteiger partial charge on any atom is -0.480 e. The Balaban J connectivity index is 2.95. The minimum atomic E-state index is -1.55. The fourth-order valence-corrected chi connectivity index (χ4v) is 2.01. The zero-order chi connectivity index (χ0) is 12.6. The molecule has 0 unspecified atom stereocenters. The van der Waals surface area contributed by atoms with Crippen molar-refractivity contribution in [3.8, 4) is 0 Å². The molecule has 2 atom stereocenters. The van der Waals surface area contributed by atoms with Crippen LogP contribution in [-0.4, -0.2) is 28.7 Å². The molecular weight excluding hydrogens is 210 g/mol. The molecule has 92 valence electrons. The summed E-state index contributed by atoms with van der Waals surface area (Å²) in [5.41, 5.74) is 3.51. The number of aliphatic carboxylic acids is 1. The summed E-state index contributed by atoms with van der Waals surface area (Å²) >= 11 is 0. The van der Waals surface area contributed by atoms with E-state index in [0.29, 0.717) is 12.8 Å². The van der Waals surface area contributed by atoms with Crippen molar-refractivity contribution < 1.29 is 19.4 Å². The van der Waals surface area contributed by atoms with Crippen LogP contribution in [0.2, 0.25) is 0 Å². The average molecular weight is 229 g/mol. The number of nitrogens with two attached hydrogens (primary N) is 1. The first-order valence-corrected chi connectivity index (χ1v) is 5.42. The van der Waals surface area contributed by atoms with Gasteiger partial charge in [0.1, 0.15) is 5.60 Å². The normalized spacial score (nSPS) is 30.1. The highest BCUT2D eigenvalue weighted by atomic mass is 16.6. The fraction of sp³-hybridized carbons (Fsp3) is 0.818. The van der Waals surface area contributed by atoms with Crippen LogP contribution < -0.4 is 5.73 Å². The largest absolute Gasteiger partial charge is 0.480 e. The Morgan fingerprint density at radius 3 is 2.31 bits per heavy atom. The van der Waals surface area contributed by atoms with Gasteiger partial charge in [-0.2, -0.15) is 0 Å². The summed E-state index contributed by atoms with van der Waals surface area (Å²) in [4.78, 5) is 23.2. The Morgan fingerprint density at radius 1 is 1.44 bits per heavy atom. The lowest BCUT2D eigenvalue weighted by Gasteiger charge is -2.30. The second kappa shape index (κ2) is 4.05. The summed E-state index contributed by atoms with van der Waals surface area (Å²) in [5, 5.41) is 9.22. The predicted molar refractivity (Wildman–Crippen MR) is 57.7 cm³/mol. The molecule has 16 heavy (non-hydrogen) atoms. The van der Waals surface area contributed by atoms with E-state index in [0.717, 1.165) is 0 Å². The lowest BCUT2D eigenvalue weighted by atomic mass is 9.83. The number of esters is 1. The maximum Gasteiger partial charge on any atom is 0.325 e. The number of hydrogen-bond acceptors (Lipinski definition) is 4. The van der Waals surface area contributed by atoms with Crippen molar-refractivity contribution in [2.24, 2.45) is 11.1 Å². The molecule has 1 aliphatic rings. The van der Waals surface area contributed by atoms with Crippen LogP contribution in [-0.2, 0) is 14.3 Å². The molecule has 0 aliphatic heterocycles. The van der Waals surface area contributed by atoms with Gasteiger partial charge >= 0.3 is 11.9 Å². The molecule has 0 bridgehead atoms. The van der Waals surface area contributed by atoms with Crippen molar-refractivity contribution >= 4 is 11.9 Å². The van der Waals surface area contributed by atoms with E-state index in [1.807, 2.05) is 0 Å². The molecule has 1 rings (SSSR count). The Labute approximate surface area is 95.0 Å². The zero-order valence-electron chi connectivity index (χ0n) is 9.95. The molecule has 0 aromatic rings. The van der Waals surface area contributed by atoms with Crippen LogP contribution in [0.25, 0.3) is 0 Å². The van der Waals surface area contributed by atoms with E-state index in [-0.39, 0.29) is 6.42 Å². The first-order valence-electron chi connectivity index (χ1n) is 5.42. The average Bonchev–Trinajstić information content (AvgIpc) is 2.44. The molecule has 0 spiro atoms. The van der Waals surface area contributed by atoms with Crippen molar-refractivity contribution in [1.29, 1.82) is 0 Å². The van der Waals surface area contributed by atoms with Gasteiger partial charge in [0, 0.05) is 6.04 Å². The van der Waals surface area contributed by atoms with E-state index in [1.165, 1.54) is 0 Å². The van der Waals surface area contributed by atoms with Gasteiger partial charge in [-0.15, -0.1) is 0 Å². The highest BCUT2D eigenvalue weighted by molar-refractivity contribution is 6.00. The van der Waals surface area contributed by atoms with E-state index in [1.54, 1.807) is 20.8 Å². The molecule has 1 saturated carbocycles. The van der Waals surface area contributed by atoms with Crippen LogP contribution in [0.3, 0.4) is 0 Å². The van der Waals surface area contributed by atoms with Crippen LogP contribution >= 0.6 is 0 Å². The second-order valence-corrected chi connectivity index (χ2v) is 5.28. The first-order chi connectivity index (χ1) is 7.20. The van der Waals surface area contributed by atoms with Crippen LogP contribution in [0.5, 0.6) is 0 Å². The molecule has 1 aliphatic carbocycles. The Bertz CT molecular complexity index is 308. The van der Waals surface area contributed by atoms with Crippen molar-refractivity contribution in [1.82, 2.24) is 0 Å². The Kier molecular flexibility index (Phi) is 3.28. The van der Waals surface area contributed by atoms with E-state index >= 15 is 0 Å². The molecule has 0 radical (unpaired) electrons. The highest BCUT2D eigenvalue weighted by Gasteiger charge is 2.56. The van der Waals surface area contributed by atoms with E-state index < -0.39 is 29.0 Å². The predicted octanol–water partition coefficient (Wildman–Crippen LogP) is 0.910. The van der Waals surface area contributed by atoms with Crippen molar-refractivity contribution in [3.63, 3.8) is 0 Å². The van der Waals surface area contributed by atoms with Gasteiger partial charge in [-0.05, 0) is 33.6 Å². The SMILES string of the molecule is CC(C)(C)OC(=O)[C@]1(C(=O)O)CCC[C@H]1N. The smallest absolute Gasteiger partial charge is 0.325 e. The van der Waals surface area contributed by atoms with Gasteiger partial charge in [0.05, 0.1) is 0 Å². The van der Waals surface area contributed by atoms with E-state index in [9.17, 15) is 14.7 Å². The maximum atomic E-state index is 12.0. The number of carbonyl (C=O) groups is 2. The number of ether oxygens (including phenoxy) is 1.